The summed E-state index contributed by atoms with van der Waals surface area (Å²) >= 11 is 0. The lowest BCUT2D eigenvalue weighted by Gasteiger charge is -2.18. The lowest BCUT2D eigenvalue weighted by molar-refractivity contribution is -0.188. The first kappa shape index (κ1) is 19.7. The Morgan fingerprint density at radius 2 is 1.85 bits per heavy atom. The number of aliphatic carboxylic acids is 1. The number of rotatable bonds is 4. The van der Waals surface area contributed by atoms with Crippen LogP contribution in [0.2, 0.25) is 0 Å². The van der Waals surface area contributed by atoms with Gasteiger partial charge >= 0.3 is 12.1 Å². The fourth-order valence-corrected chi connectivity index (χ4v) is 2.84. The van der Waals surface area contributed by atoms with Crippen LogP contribution in [-0.2, 0) is 9.59 Å². The number of halogens is 3. The fraction of sp³-hybridized carbons (Fsp3) is 0.471. The molecule has 2 rings (SSSR count). The highest BCUT2D eigenvalue weighted by molar-refractivity contribution is 5.96. The third-order valence-electron chi connectivity index (χ3n) is 4.58. The van der Waals surface area contributed by atoms with E-state index < -0.39 is 55.4 Å². The average Bonchev–Trinajstić information content (AvgIpc) is 3.01. The predicted molar refractivity (Wildman–Crippen MR) is 85.5 cm³/mol. The Labute approximate surface area is 148 Å². The molecule has 1 heterocycles. The highest BCUT2D eigenvalue weighted by Crippen LogP contribution is 2.37. The van der Waals surface area contributed by atoms with Crippen molar-refractivity contribution < 1.29 is 32.7 Å². The number of carboxylic acid groups (broad SMARTS) is 1. The summed E-state index contributed by atoms with van der Waals surface area (Å²) in [6.45, 7) is 1.95. The first-order chi connectivity index (χ1) is 12.0. The summed E-state index contributed by atoms with van der Waals surface area (Å²) in [7, 11) is 0. The number of carbonyl (C=O) groups is 3. The number of hydrogen-bond acceptors (Lipinski definition) is 3. The number of alkyl halides is 3. The molecule has 1 saturated heterocycles. The number of aryl methyl sites for hydroxylation is 2. The molecule has 1 aliphatic rings. The van der Waals surface area contributed by atoms with Crippen molar-refractivity contribution in [3.05, 3.63) is 34.9 Å². The summed E-state index contributed by atoms with van der Waals surface area (Å²) in [5.74, 6) is -6.68. The Morgan fingerprint density at radius 1 is 1.19 bits per heavy atom. The van der Waals surface area contributed by atoms with Crippen molar-refractivity contribution in [2.75, 3.05) is 19.6 Å². The van der Waals surface area contributed by atoms with Gasteiger partial charge in [-0.15, -0.1) is 0 Å². The molecule has 2 N–H and O–H groups in total. The van der Waals surface area contributed by atoms with Crippen molar-refractivity contribution in [3.8, 4) is 0 Å². The van der Waals surface area contributed by atoms with Crippen molar-refractivity contribution in [3.63, 3.8) is 0 Å². The Morgan fingerprint density at radius 3 is 2.35 bits per heavy atom. The number of nitrogens with zero attached hydrogens (tertiary/aromatic N) is 1. The zero-order valence-electron chi connectivity index (χ0n) is 14.3. The van der Waals surface area contributed by atoms with E-state index in [1.165, 1.54) is 0 Å². The molecule has 0 bridgehead atoms. The second-order valence-electron chi connectivity index (χ2n) is 6.37. The number of amides is 2. The molecule has 1 fully saturated rings. The Kier molecular flexibility index (Phi) is 5.58. The van der Waals surface area contributed by atoms with Gasteiger partial charge in [-0.1, -0.05) is 6.07 Å². The van der Waals surface area contributed by atoms with Crippen LogP contribution in [0.5, 0.6) is 0 Å². The minimum absolute atomic E-state index is 0.332. The largest absolute Gasteiger partial charge is 0.481 e. The molecule has 1 aromatic rings. The summed E-state index contributed by atoms with van der Waals surface area (Å²) in [6, 6.07) is 4.97. The lowest BCUT2D eigenvalue weighted by atomic mass is 9.96. The van der Waals surface area contributed by atoms with E-state index in [1.807, 2.05) is 13.8 Å². The van der Waals surface area contributed by atoms with Gasteiger partial charge in [0, 0.05) is 18.7 Å². The van der Waals surface area contributed by atoms with Gasteiger partial charge in [0.25, 0.3) is 5.91 Å². The van der Waals surface area contributed by atoms with Crippen molar-refractivity contribution in [1.29, 1.82) is 0 Å². The highest BCUT2D eigenvalue weighted by atomic mass is 19.4. The van der Waals surface area contributed by atoms with Gasteiger partial charge in [0.15, 0.2) is 0 Å². The molecule has 9 heteroatoms. The van der Waals surface area contributed by atoms with Gasteiger partial charge in [-0.3, -0.25) is 14.4 Å². The number of carbonyl (C=O) groups excluding carboxylic acids is 2. The Balaban J connectivity index is 1.98. The maximum Gasteiger partial charge on any atom is 0.394 e. The van der Waals surface area contributed by atoms with Crippen LogP contribution in [0.25, 0.3) is 0 Å². The van der Waals surface area contributed by atoms with Crippen molar-refractivity contribution in [2.24, 2.45) is 11.8 Å². The Bertz CT molecular complexity index is 733. The molecule has 0 unspecified atom stereocenters. The molecule has 1 aromatic carbocycles. The van der Waals surface area contributed by atoms with E-state index >= 15 is 0 Å². The second kappa shape index (κ2) is 7.35. The third-order valence-corrected chi connectivity index (χ3v) is 4.58. The molecule has 2 atom stereocenters. The van der Waals surface area contributed by atoms with Gasteiger partial charge in [0.05, 0.1) is 18.4 Å². The summed E-state index contributed by atoms with van der Waals surface area (Å²) < 4.78 is 38.8. The second-order valence-corrected chi connectivity index (χ2v) is 6.37. The Hall–Kier alpha value is -2.58. The van der Waals surface area contributed by atoms with Crippen LogP contribution in [0.1, 0.15) is 21.5 Å². The van der Waals surface area contributed by atoms with Gasteiger partial charge in [0.1, 0.15) is 0 Å². The van der Waals surface area contributed by atoms with Crippen LogP contribution in [0, 0.1) is 25.7 Å². The van der Waals surface area contributed by atoms with E-state index in [0.29, 0.717) is 5.56 Å². The smallest absolute Gasteiger partial charge is 0.394 e. The molecule has 0 radical (unpaired) electrons. The van der Waals surface area contributed by atoms with Crippen molar-refractivity contribution >= 4 is 17.8 Å². The minimum atomic E-state index is -4.71. The summed E-state index contributed by atoms with van der Waals surface area (Å²) in [4.78, 5) is 36.0. The monoisotopic (exact) mass is 372 g/mol. The highest BCUT2D eigenvalue weighted by Gasteiger charge is 2.53. The number of nitrogens with one attached hydrogen (secondary N) is 1. The zero-order valence-corrected chi connectivity index (χ0v) is 14.3. The van der Waals surface area contributed by atoms with E-state index in [-0.39, 0.29) is 0 Å². The van der Waals surface area contributed by atoms with E-state index in [1.54, 1.807) is 18.2 Å². The molecule has 0 aromatic heterocycles. The normalized spacial score (nSPS) is 20.1. The van der Waals surface area contributed by atoms with Crippen LogP contribution >= 0.6 is 0 Å². The maximum absolute atomic E-state index is 12.9. The summed E-state index contributed by atoms with van der Waals surface area (Å²) in [6.07, 6.45) is -4.71. The molecular weight excluding hydrogens is 353 g/mol. The summed E-state index contributed by atoms with van der Waals surface area (Å²) in [5, 5.41) is 11.3. The lowest BCUT2D eigenvalue weighted by Crippen LogP contribution is -2.40. The number of likely N-dealkylation sites (tertiary alicyclic amines) is 1. The molecule has 0 spiro atoms. The zero-order chi connectivity index (χ0) is 19.6. The van der Waals surface area contributed by atoms with Gasteiger partial charge in [-0.05, 0) is 37.1 Å². The molecule has 0 saturated carbocycles. The molecule has 0 aliphatic carbocycles. The standard InChI is InChI=1S/C17H19F3N2O4/c1-9-3-4-11(5-10(9)2)15(24)21-6-14(23)22-7-12(16(25)26)13(8-22)17(18,19)20/h3-5,12-13H,6-8H2,1-2H3,(H,21,24)(H,25,26)/t12-,13-/m1/s1. The SMILES string of the molecule is Cc1ccc(C(=O)NCC(=O)N2C[C@@H](C(F)(F)F)[C@H](C(=O)O)C2)cc1C. The van der Waals surface area contributed by atoms with E-state index in [0.717, 1.165) is 16.0 Å². The van der Waals surface area contributed by atoms with Crippen molar-refractivity contribution in [1.82, 2.24) is 10.2 Å². The van der Waals surface area contributed by atoms with Crippen LogP contribution in [0.4, 0.5) is 13.2 Å². The van der Waals surface area contributed by atoms with Crippen molar-refractivity contribution in [2.45, 2.75) is 20.0 Å². The quantitative estimate of drug-likeness (QED) is 0.843. The number of carboxylic acids is 1. The van der Waals surface area contributed by atoms with Gasteiger partial charge in [0.2, 0.25) is 5.91 Å². The molecule has 6 nitrogen and oxygen atoms in total. The molecule has 2 amide bonds. The number of benzene rings is 1. The third kappa shape index (κ3) is 4.33. The molecule has 142 valence electrons. The van der Waals surface area contributed by atoms with E-state index in [2.05, 4.69) is 5.32 Å². The summed E-state index contributed by atoms with van der Waals surface area (Å²) in [5.41, 5.74) is 2.22. The maximum atomic E-state index is 12.9. The minimum Gasteiger partial charge on any atom is -0.481 e. The first-order valence-electron chi connectivity index (χ1n) is 7.93. The van der Waals surface area contributed by atoms with Crippen LogP contribution in [0.3, 0.4) is 0 Å². The van der Waals surface area contributed by atoms with E-state index in [4.69, 9.17) is 5.11 Å². The van der Waals surface area contributed by atoms with Crippen LogP contribution in [-0.4, -0.2) is 53.6 Å². The number of hydrogen-bond donors (Lipinski definition) is 2. The topological polar surface area (TPSA) is 86.7 Å². The first-order valence-corrected chi connectivity index (χ1v) is 7.93. The van der Waals surface area contributed by atoms with E-state index in [9.17, 15) is 27.6 Å². The fourth-order valence-electron chi connectivity index (χ4n) is 2.84. The van der Waals surface area contributed by atoms with Gasteiger partial charge < -0.3 is 15.3 Å². The average molecular weight is 372 g/mol. The molecule has 26 heavy (non-hydrogen) atoms. The van der Waals surface area contributed by atoms with Crippen LogP contribution < -0.4 is 5.32 Å². The van der Waals surface area contributed by atoms with Gasteiger partial charge in [-0.25, -0.2) is 0 Å². The van der Waals surface area contributed by atoms with Crippen LogP contribution in [0.15, 0.2) is 18.2 Å². The molecule has 1 aliphatic heterocycles. The van der Waals surface area contributed by atoms with Gasteiger partial charge in [-0.2, -0.15) is 13.2 Å². The predicted octanol–water partition coefficient (Wildman–Crippen LogP) is 1.75. The molecular formula is C17H19F3N2O4.